The van der Waals surface area contributed by atoms with Gasteiger partial charge in [-0.2, -0.15) is 18.3 Å². The van der Waals surface area contributed by atoms with E-state index in [1.165, 1.54) is 18.6 Å². The molecule has 0 bridgehead atoms. The van der Waals surface area contributed by atoms with Gasteiger partial charge in [-0.05, 0) is 38.0 Å². The van der Waals surface area contributed by atoms with Crippen LogP contribution >= 0.6 is 0 Å². The van der Waals surface area contributed by atoms with Crippen LogP contribution in [0.1, 0.15) is 53.3 Å². The second kappa shape index (κ2) is 5.05. The molecule has 2 aromatic heterocycles. The van der Waals surface area contributed by atoms with Gasteiger partial charge in [0.25, 0.3) is 5.91 Å². The summed E-state index contributed by atoms with van der Waals surface area (Å²) >= 11 is 0. The van der Waals surface area contributed by atoms with Crippen molar-refractivity contribution in [1.29, 1.82) is 0 Å². The standard InChI is InChI=1S/C17H16F3N5O/c18-17(19,20)16(2-1-3-16)23-15(26)13-11-7-9-6-10(9)14(11)25(24-13)12-8-21-4-5-22-12/h4-5,8-10H,1-3,6-7H2,(H,23,26)/t9-,10?/m0/s1. The predicted molar refractivity (Wildman–Crippen MR) is 83.8 cm³/mol. The molecule has 0 aromatic carbocycles. The van der Waals surface area contributed by atoms with Gasteiger partial charge in [-0.3, -0.25) is 9.78 Å². The van der Waals surface area contributed by atoms with E-state index in [1.807, 2.05) is 0 Å². The molecule has 2 fully saturated rings. The SMILES string of the molecule is O=C(NC1(C(F)(F)F)CCC1)c1nn(-c2cnccn2)c2c1C[C@@H]1CC21. The number of aromatic nitrogens is 4. The van der Waals surface area contributed by atoms with Gasteiger partial charge in [0.15, 0.2) is 11.5 Å². The summed E-state index contributed by atoms with van der Waals surface area (Å²) in [5, 5.41) is 6.57. The first-order valence-corrected chi connectivity index (χ1v) is 8.67. The maximum atomic E-state index is 13.4. The van der Waals surface area contributed by atoms with Crippen LogP contribution in [0.3, 0.4) is 0 Å². The second-order valence-corrected chi connectivity index (χ2v) is 7.38. The molecule has 6 nitrogen and oxygen atoms in total. The first-order chi connectivity index (χ1) is 12.4. The predicted octanol–water partition coefficient (Wildman–Crippen LogP) is 2.54. The fourth-order valence-electron chi connectivity index (χ4n) is 4.16. The molecule has 0 aliphatic heterocycles. The summed E-state index contributed by atoms with van der Waals surface area (Å²) < 4.78 is 41.7. The third-order valence-electron chi connectivity index (χ3n) is 5.85. The molecule has 5 rings (SSSR count). The third kappa shape index (κ3) is 2.12. The molecule has 2 atom stereocenters. The van der Waals surface area contributed by atoms with Gasteiger partial charge in [0.1, 0.15) is 5.54 Å². The van der Waals surface area contributed by atoms with Crippen LogP contribution in [0.2, 0.25) is 0 Å². The number of nitrogens with zero attached hydrogens (tertiary/aromatic N) is 4. The van der Waals surface area contributed by atoms with Crippen LogP contribution in [0.5, 0.6) is 0 Å². The Bertz CT molecular complexity index is 888. The Morgan fingerprint density at radius 1 is 1.31 bits per heavy atom. The van der Waals surface area contributed by atoms with Crippen molar-refractivity contribution in [2.75, 3.05) is 0 Å². The lowest BCUT2D eigenvalue weighted by Gasteiger charge is -2.43. The summed E-state index contributed by atoms with van der Waals surface area (Å²) in [6.07, 6.45) is 2.12. The van der Waals surface area contributed by atoms with Gasteiger partial charge in [0.05, 0.1) is 11.9 Å². The minimum absolute atomic E-state index is 0.0828. The normalized spacial score (nSPS) is 25.2. The lowest BCUT2D eigenvalue weighted by atomic mass is 9.76. The van der Waals surface area contributed by atoms with Crippen LogP contribution in [-0.2, 0) is 6.42 Å². The van der Waals surface area contributed by atoms with Gasteiger partial charge in [-0.15, -0.1) is 0 Å². The van der Waals surface area contributed by atoms with Crippen LogP contribution in [0.15, 0.2) is 18.6 Å². The van der Waals surface area contributed by atoms with Gasteiger partial charge in [-0.25, -0.2) is 9.67 Å². The van der Waals surface area contributed by atoms with Crippen LogP contribution in [0.4, 0.5) is 13.2 Å². The lowest BCUT2D eigenvalue weighted by Crippen LogP contribution is -2.63. The molecule has 2 aromatic rings. The lowest BCUT2D eigenvalue weighted by molar-refractivity contribution is -0.215. The van der Waals surface area contributed by atoms with Gasteiger partial charge in [0, 0.05) is 23.9 Å². The molecular weight excluding hydrogens is 347 g/mol. The highest BCUT2D eigenvalue weighted by atomic mass is 19.4. The number of halogens is 3. The number of rotatable bonds is 3. The number of carbonyl (C=O) groups excluding carboxylic acids is 1. The van der Waals surface area contributed by atoms with Crippen molar-refractivity contribution in [3.05, 3.63) is 35.5 Å². The van der Waals surface area contributed by atoms with E-state index in [0.29, 0.717) is 30.5 Å². The zero-order valence-corrected chi connectivity index (χ0v) is 13.8. The highest BCUT2D eigenvalue weighted by molar-refractivity contribution is 5.95. The van der Waals surface area contributed by atoms with Crippen molar-refractivity contribution < 1.29 is 18.0 Å². The number of hydrogen-bond donors (Lipinski definition) is 1. The van der Waals surface area contributed by atoms with Crippen LogP contribution in [0.25, 0.3) is 5.82 Å². The number of nitrogens with one attached hydrogen (secondary N) is 1. The smallest absolute Gasteiger partial charge is 0.336 e. The molecule has 1 amide bonds. The molecule has 136 valence electrons. The molecular formula is C17H16F3N5O. The average Bonchev–Trinajstić information content (AvgIpc) is 3.07. The number of hydrogen-bond acceptors (Lipinski definition) is 4. The van der Waals surface area contributed by atoms with Crippen LogP contribution in [-0.4, -0.2) is 37.4 Å². The molecule has 1 N–H and O–H groups in total. The van der Waals surface area contributed by atoms with Crippen molar-refractivity contribution in [3.8, 4) is 5.82 Å². The number of carbonyl (C=O) groups is 1. The fourth-order valence-corrected chi connectivity index (χ4v) is 4.16. The first kappa shape index (κ1) is 15.8. The van der Waals surface area contributed by atoms with E-state index in [0.717, 1.165) is 17.7 Å². The van der Waals surface area contributed by atoms with Crippen molar-refractivity contribution in [2.24, 2.45) is 5.92 Å². The van der Waals surface area contributed by atoms with Crippen molar-refractivity contribution >= 4 is 5.91 Å². The quantitative estimate of drug-likeness (QED) is 0.910. The van der Waals surface area contributed by atoms with E-state index in [1.54, 1.807) is 4.68 Å². The van der Waals surface area contributed by atoms with E-state index < -0.39 is 17.6 Å². The molecule has 2 heterocycles. The Balaban J connectivity index is 1.52. The molecule has 0 spiro atoms. The zero-order valence-electron chi connectivity index (χ0n) is 13.8. The van der Waals surface area contributed by atoms with E-state index in [4.69, 9.17) is 0 Å². The van der Waals surface area contributed by atoms with Gasteiger partial charge in [-0.1, -0.05) is 0 Å². The molecule has 26 heavy (non-hydrogen) atoms. The first-order valence-electron chi connectivity index (χ1n) is 8.67. The second-order valence-electron chi connectivity index (χ2n) is 7.38. The number of amides is 1. The number of fused-ring (bicyclic) bond motifs is 3. The van der Waals surface area contributed by atoms with Gasteiger partial charge < -0.3 is 5.32 Å². The Morgan fingerprint density at radius 3 is 2.73 bits per heavy atom. The molecule has 9 heteroatoms. The highest BCUT2D eigenvalue weighted by Gasteiger charge is 2.60. The molecule has 0 saturated heterocycles. The molecule has 3 aliphatic carbocycles. The monoisotopic (exact) mass is 363 g/mol. The Hall–Kier alpha value is -2.45. The summed E-state index contributed by atoms with van der Waals surface area (Å²) in [7, 11) is 0. The summed E-state index contributed by atoms with van der Waals surface area (Å²) in [6.45, 7) is 0. The Labute approximate surface area is 146 Å². The summed E-state index contributed by atoms with van der Waals surface area (Å²) in [6, 6.07) is 0. The molecule has 1 unspecified atom stereocenters. The third-order valence-corrected chi connectivity index (χ3v) is 5.85. The van der Waals surface area contributed by atoms with E-state index in [9.17, 15) is 18.0 Å². The average molecular weight is 363 g/mol. The summed E-state index contributed by atoms with van der Waals surface area (Å²) in [4.78, 5) is 20.9. The van der Waals surface area contributed by atoms with E-state index >= 15 is 0 Å². The zero-order chi connectivity index (χ0) is 18.1. The van der Waals surface area contributed by atoms with Crippen molar-refractivity contribution in [3.63, 3.8) is 0 Å². The summed E-state index contributed by atoms with van der Waals surface area (Å²) in [5.41, 5.74) is -0.371. The molecule has 2 saturated carbocycles. The maximum absolute atomic E-state index is 13.4. The molecule has 0 radical (unpaired) electrons. The minimum atomic E-state index is -4.46. The summed E-state index contributed by atoms with van der Waals surface area (Å²) in [5.74, 6) is 0.492. The highest BCUT2D eigenvalue weighted by Crippen LogP contribution is 2.57. The van der Waals surface area contributed by atoms with E-state index in [-0.39, 0.29) is 18.5 Å². The van der Waals surface area contributed by atoms with Gasteiger partial charge >= 0.3 is 6.18 Å². The van der Waals surface area contributed by atoms with Crippen LogP contribution < -0.4 is 5.32 Å². The fraction of sp³-hybridized carbons (Fsp3) is 0.529. The van der Waals surface area contributed by atoms with E-state index in [2.05, 4.69) is 20.4 Å². The van der Waals surface area contributed by atoms with Crippen molar-refractivity contribution in [2.45, 2.75) is 49.7 Å². The topological polar surface area (TPSA) is 72.7 Å². The largest absolute Gasteiger partial charge is 0.411 e. The van der Waals surface area contributed by atoms with Crippen LogP contribution in [0, 0.1) is 5.92 Å². The Morgan fingerprint density at radius 2 is 2.12 bits per heavy atom. The van der Waals surface area contributed by atoms with Gasteiger partial charge in [0.2, 0.25) is 0 Å². The maximum Gasteiger partial charge on any atom is 0.411 e. The number of alkyl halides is 3. The minimum Gasteiger partial charge on any atom is -0.336 e. The Kier molecular flexibility index (Phi) is 3.06. The van der Waals surface area contributed by atoms with Crippen molar-refractivity contribution in [1.82, 2.24) is 25.1 Å². The molecule has 3 aliphatic rings.